The van der Waals surface area contributed by atoms with Crippen LogP contribution in [0.15, 0.2) is 0 Å². The minimum atomic E-state index is 0.0881. The highest BCUT2D eigenvalue weighted by Gasteiger charge is 1.97. The average molecular weight is 184 g/mol. The van der Waals surface area contributed by atoms with Gasteiger partial charge < -0.3 is 10.1 Å². The molecule has 0 radical (unpaired) electrons. The zero-order valence-corrected chi connectivity index (χ0v) is 8.84. The monoisotopic (exact) mass is 184 g/mol. The van der Waals surface area contributed by atoms with Crippen molar-refractivity contribution in [3.8, 4) is 6.07 Å². The summed E-state index contributed by atoms with van der Waals surface area (Å²) in [4.78, 5) is 0. The predicted molar refractivity (Wildman–Crippen MR) is 53.3 cm³/mol. The molecule has 1 N–H and O–H groups in total. The summed E-state index contributed by atoms with van der Waals surface area (Å²) in [5, 5.41) is 11.7. The Morgan fingerprint density at radius 1 is 1.38 bits per heavy atom. The first-order chi connectivity index (χ1) is 6.16. The fourth-order valence-corrected chi connectivity index (χ4v) is 0.828. The summed E-state index contributed by atoms with van der Waals surface area (Å²) in [6, 6.07) is 2.17. The van der Waals surface area contributed by atoms with E-state index in [2.05, 4.69) is 25.2 Å². The van der Waals surface area contributed by atoms with E-state index in [0.29, 0.717) is 5.92 Å². The van der Waals surface area contributed by atoms with E-state index in [1.54, 1.807) is 0 Å². The molecule has 76 valence electrons. The molecule has 1 atom stereocenters. The molecule has 0 saturated heterocycles. The van der Waals surface area contributed by atoms with Gasteiger partial charge in [-0.25, -0.2) is 0 Å². The van der Waals surface area contributed by atoms with Gasteiger partial charge in [0.25, 0.3) is 0 Å². The largest absolute Gasteiger partial charge is 0.380 e. The van der Waals surface area contributed by atoms with Crippen LogP contribution >= 0.6 is 0 Å². The van der Waals surface area contributed by atoms with E-state index in [9.17, 15) is 0 Å². The van der Waals surface area contributed by atoms with Gasteiger partial charge in [0.2, 0.25) is 0 Å². The molecule has 0 aliphatic heterocycles. The van der Waals surface area contributed by atoms with Crippen LogP contribution in [0.5, 0.6) is 0 Å². The summed E-state index contributed by atoms with van der Waals surface area (Å²) >= 11 is 0. The Hall–Kier alpha value is -0.590. The number of ether oxygens (including phenoxy) is 1. The zero-order chi connectivity index (χ0) is 10.1. The lowest BCUT2D eigenvalue weighted by molar-refractivity contribution is 0.111. The third kappa shape index (κ3) is 9.32. The van der Waals surface area contributed by atoms with Crippen LogP contribution in [0.25, 0.3) is 0 Å². The van der Waals surface area contributed by atoms with Crippen LogP contribution < -0.4 is 5.32 Å². The third-order valence-corrected chi connectivity index (χ3v) is 1.55. The van der Waals surface area contributed by atoms with Gasteiger partial charge in [-0.05, 0) is 12.8 Å². The van der Waals surface area contributed by atoms with Crippen molar-refractivity contribution in [1.29, 1.82) is 5.26 Å². The average Bonchev–Trinajstić information content (AvgIpc) is 2.10. The lowest BCUT2D eigenvalue weighted by Crippen LogP contribution is -2.25. The van der Waals surface area contributed by atoms with Crippen LogP contribution in [0.2, 0.25) is 0 Å². The second-order valence-electron chi connectivity index (χ2n) is 3.70. The molecule has 0 aromatic heterocycles. The van der Waals surface area contributed by atoms with Crippen molar-refractivity contribution >= 4 is 0 Å². The first kappa shape index (κ1) is 12.4. The molecular weight excluding hydrogens is 164 g/mol. The second-order valence-corrected chi connectivity index (χ2v) is 3.70. The molecule has 3 heteroatoms. The van der Waals surface area contributed by atoms with E-state index in [4.69, 9.17) is 10.00 Å². The van der Waals surface area contributed by atoms with E-state index in [1.807, 2.05) is 6.92 Å². The number of nitriles is 1. The molecule has 0 spiro atoms. The van der Waals surface area contributed by atoms with Crippen molar-refractivity contribution < 1.29 is 4.74 Å². The van der Waals surface area contributed by atoms with Gasteiger partial charge in [0.15, 0.2) is 0 Å². The van der Waals surface area contributed by atoms with Crippen LogP contribution in [-0.4, -0.2) is 26.3 Å². The maximum absolute atomic E-state index is 8.49. The summed E-state index contributed by atoms with van der Waals surface area (Å²) in [5.74, 6) is 0.683. The van der Waals surface area contributed by atoms with Crippen LogP contribution in [0.1, 0.15) is 20.8 Å². The van der Waals surface area contributed by atoms with Gasteiger partial charge in [0.1, 0.15) is 0 Å². The van der Waals surface area contributed by atoms with Crippen molar-refractivity contribution in [2.45, 2.75) is 20.8 Å². The zero-order valence-electron chi connectivity index (χ0n) is 8.84. The van der Waals surface area contributed by atoms with Crippen molar-refractivity contribution in [1.82, 2.24) is 5.32 Å². The molecule has 0 amide bonds. The maximum atomic E-state index is 8.49. The maximum Gasteiger partial charge on any atom is 0.0666 e. The molecule has 0 heterocycles. The van der Waals surface area contributed by atoms with Crippen molar-refractivity contribution in [2.75, 3.05) is 26.3 Å². The minimum absolute atomic E-state index is 0.0881. The fraction of sp³-hybridized carbons (Fsp3) is 0.900. The Bertz CT molecular complexity index is 151. The molecule has 0 aliphatic rings. The number of nitrogens with one attached hydrogen (secondary N) is 1. The first-order valence-corrected chi connectivity index (χ1v) is 4.85. The molecule has 3 nitrogen and oxygen atoms in total. The summed E-state index contributed by atoms with van der Waals surface area (Å²) in [5.41, 5.74) is 0. The van der Waals surface area contributed by atoms with Crippen LogP contribution in [0.3, 0.4) is 0 Å². The Labute approximate surface area is 81.1 Å². The number of nitrogens with zero attached hydrogens (tertiary/aromatic N) is 1. The lowest BCUT2D eigenvalue weighted by atomic mass is 10.2. The quantitative estimate of drug-likeness (QED) is 0.608. The van der Waals surface area contributed by atoms with Crippen LogP contribution in [0, 0.1) is 23.2 Å². The molecule has 0 bridgehead atoms. The topological polar surface area (TPSA) is 45.0 Å². The number of hydrogen-bond donors (Lipinski definition) is 1. The standard InChI is InChI=1S/C10H20N2O/c1-9(2)8-13-5-4-12-7-10(3)6-11/h9-10,12H,4-5,7-8H2,1-3H3. The molecule has 0 rings (SSSR count). The first-order valence-electron chi connectivity index (χ1n) is 4.85. The third-order valence-electron chi connectivity index (χ3n) is 1.55. The molecule has 0 aliphatic carbocycles. The highest BCUT2D eigenvalue weighted by Crippen LogP contribution is 1.91. The highest BCUT2D eigenvalue weighted by molar-refractivity contribution is 4.79. The smallest absolute Gasteiger partial charge is 0.0666 e. The molecule has 0 aromatic rings. The minimum Gasteiger partial charge on any atom is -0.380 e. The van der Waals surface area contributed by atoms with Gasteiger partial charge in [-0.1, -0.05) is 13.8 Å². The van der Waals surface area contributed by atoms with Crippen molar-refractivity contribution in [2.24, 2.45) is 11.8 Å². The second kappa shape index (κ2) is 8.03. The highest BCUT2D eigenvalue weighted by atomic mass is 16.5. The molecular formula is C10H20N2O. The van der Waals surface area contributed by atoms with Gasteiger partial charge in [0.05, 0.1) is 18.6 Å². The number of hydrogen-bond acceptors (Lipinski definition) is 3. The Morgan fingerprint density at radius 2 is 2.08 bits per heavy atom. The van der Waals surface area contributed by atoms with Crippen molar-refractivity contribution in [3.63, 3.8) is 0 Å². The summed E-state index contributed by atoms with van der Waals surface area (Å²) in [7, 11) is 0. The van der Waals surface area contributed by atoms with E-state index >= 15 is 0 Å². The predicted octanol–water partition coefficient (Wildman–Crippen LogP) is 1.41. The van der Waals surface area contributed by atoms with Gasteiger partial charge in [-0.2, -0.15) is 5.26 Å². The summed E-state index contributed by atoms with van der Waals surface area (Å²) in [6.45, 7) is 9.30. The Kier molecular flexibility index (Phi) is 7.66. The van der Waals surface area contributed by atoms with E-state index < -0.39 is 0 Å². The van der Waals surface area contributed by atoms with Crippen LogP contribution in [0.4, 0.5) is 0 Å². The van der Waals surface area contributed by atoms with Gasteiger partial charge >= 0.3 is 0 Å². The van der Waals surface area contributed by atoms with Crippen LogP contribution in [-0.2, 0) is 4.74 Å². The normalized spacial score (nSPS) is 12.8. The molecule has 0 aromatic carbocycles. The number of rotatable bonds is 7. The molecule has 0 fully saturated rings. The van der Waals surface area contributed by atoms with E-state index in [1.165, 1.54) is 0 Å². The summed E-state index contributed by atoms with van der Waals surface area (Å²) in [6.07, 6.45) is 0. The van der Waals surface area contributed by atoms with Crippen molar-refractivity contribution in [3.05, 3.63) is 0 Å². The summed E-state index contributed by atoms with van der Waals surface area (Å²) < 4.78 is 5.37. The van der Waals surface area contributed by atoms with Gasteiger partial charge in [0, 0.05) is 19.7 Å². The lowest BCUT2D eigenvalue weighted by Gasteiger charge is -2.08. The Morgan fingerprint density at radius 3 is 2.62 bits per heavy atom. The SMILES string of the molecule is CC(C)COCCNCC(C)C#N. The van der Waals surface area contributed by atoms with Gasteiger partial charge in [-0.3, -0.25) is 0 Å². The molecule has 13 heavy (non-hydrogen) atoms. The van der Waals surface area contributed by atoms with E-state index in [0.717, 1.165) is 26.3 Å². The van der Waals surface area contributed by atoms with E-state index in [-0.39, 0.29) is 5.92 Å². The Balaban J connectivity index is 3.05. The molecule has 1 unspecified atom stereocenters. The molecule has 0 saturated carbocycles. The fourth-order valence-electron chi connectivity index (χ4n) is 0.828. The van der Waals surface area contributed by atoms with Gasteiger partial charge in [-0.15, -0.1) is 0 Å².